The van der Waals surface area contributed by atoms with E-state index >= 15 is 0 Å². The number of nitrogens with one attached hydrogen (secondary N) is 1. The van der Waals surface area contributed by atoms with Crippen LogP contribution in [-0.4, -0.2) is 17.6 Å². The molecule has 3 N–H and O–H groups in total. The highest BCUT2D eigenvalue weighted by molar-refractivity contribution is 7.99. The second kappa shape index (κ2) is 5.76. The minimum Gasteiger partial charge on any atom is -0.493 e. The van der Waals surface area contributed by atoms with Gasteiger partial charge >= 0.3 is 0 Å². The molecule has 1 atom stereocenters. The highest BCUT2D eigenvalue weighted by Crippen LogP contribution is 2.34. The molecule has 0 spiro atoms. The van der Waals surface area contributed by atoms with Crippen LogP contribution in [0.1, 0.15) is 31.0 Å². The van der Waals surface area contributed by atoms with E-state index in [1.54, 1.807) is 0 Å². The van der Waals surface area contributed by atoms with E-state index in [9.17, 15) is 0 Å². The van der Waals surface area contributed by atoms with Crippen molar-refractivity contribution in [3.8, 4) is 5.75 Å². The van der Waals surface area contributed by atoms with E-state index in [0.29, 0.717) is 5.25 Å². The lowest BCUT2D eigenvalue weighted by Crippen LogP contribution is -2.30. The van der Waals surface area contributed by atoms with Crippen LogP contribution in [0.4, 0.5) is 0 Å². The van der Waals surface area contributed by atoms with Crippen LogP contribution in [0, 0.1) is 0 Å². The molecule has 2 rings (SSSR count). The van der Waals surface area contributed by atoms with E-state index in [1.165, 1.54) is 11.1 Å². The summed E-state index contributed by atoms with van der Waals surface area (Å²) in [6.07, 6.45) is 1.01. The molecule has 17 heavy (non-hydrogen) atoms. The Bertz CT molecular complexity index is 382. The van der Waals surface area contributed by atoms with Crippen molar-refractivity contribution in [1.82, 2.24) is 5.43 Å². The molecule has 1 aliphatic rings. The second-order valence-electron chi connectivity index (χ2n) is 4.54. The van der Waals surface area contributed by atoms with Crippen molar-refractivity contribution in [3.05, 3.63) is 29.3 Å². The van der Waals surface area contributed by atoms with Crippen LogP contribution >= 0.6 is 11.8 Å². The third-order valence-corrected chi connectivity index (χ3v) is 4.11. The SMILES string of the molecule is CC(C)SCC(NN)c1cccc2c1OCC2. The molecule has 0 radical (unpaired) electrons. The lowest BCUT2D eigenvalue weighted by atomic mass is 10.0. The number of nitrogens with two attached hydrogens (primary N) is 1. The van der Waals surface area contributed by atoms with Gasteiger partial charge in [-0.25, -0.2) is 0 Å². The van der Waals surface area contributed by atoms with E-state index in [2.05, 4.69) is 37.5 Å². The molecule has 0 aromatic heterocycles. The number of thioether (sulfide) groups is 1. The summed E-state index contributed by atoms with van der Waals surface area (Å²) < 4.78 is 5.71. The zero-order chi connectivity index (χ0) is 12.3. The van der Waals surface area contributed by atoms with Gasteiger partial charge in [0.25, 0.3) is 0 Å². The summed E-state index contributed by atoms with van der Waals surface area (Å²) in [6.45, 7) is 5.19. The molecule has 0 aliphatic carbocycles. The first-order valence-corrected chi connectivity index (χ1v) is 7.09. The predicted molar refractivity (Wildman–Crippen MR) is 73.3 cm³/mol. The van der Waals surface area contributed by atoms with Gasteiger partial charge in [0.2, 0.25) is 0 Å². The maximum atomic E-state index is 5.71. The number of hydrogen-bond acceptors (Lipinski definition) is 4. The Labute approximate surface area is 107 Å². The zero-order valence-electron chi connectivity index (χ0n) is 10.4. The highest BCUT2D eigenvalue weighted by atomic mass is 32.2. The summed E-state index contributed by atoms with van der Waals surface area (Å²) >= 11 is 1.91. The number of rotatable bonds is 5. The van der Waals surface area contributed by atoms with Crippen molar-refractivity contribution in [1.29, 1.82) is 0 Å². The first kappa shape index (κ1) is 12.7. The Morgan fingerprint density at radius 2 is 2.29 bits per heavy atom. The molecular weight excluding hydrogens is 232 g/mol. The third kappa shape index (κ3) is 2.94. The quantitative estimate of drug-likeness (QED) is 0.623. The number of para-hydroxylation sites is 1. The van der Waals surface area contributed by atoms with Gasteiger partial charge in [0.05, 0.1) is 12.6 Å². The number of hydrazine groups is 1. The molecule has 0 saturated heterocycles. The fourth-order valence-corrected chi connectivity index (χ4v) is 2.88. The number of hydrogen-bond donors (Lipinski definition) is 2. The molecule has 1 aromatic carbocycles. The highest BCUT2D eigenvalue weighted by Gasteiger charge is 2.21. The molecule has 0 amide bonds. The normalized spacial score (nSPS) is 15.8. The molecule has 0 bridgehead atoms. The van der Waals surface area contributed by atoms with Gasteiger partial charge in [-0.2, -0.15) is 11.8 Å². The molecule has 3 nitrogen and oxygen atoms in total. The van der Waals surface area contributed by atoms with Gasteiger partial charge < -0.3 is 4.74 Å². The summed E-state index contributed by atoms with van der Waals surface area (Å²) in [6, 6.07) is 6.49. The van der Waals surface area contributed by atoms with Gasteiger partial charge in [0, 0.05) is 17.7 Å². The summed E-state index contributed by atoms with van der Waals surface area (Å²) in [5.41, 5.74) is 5.40. The molecule has 1 aliphatic heterocycles. The average molecular weight is 252 g/mol. The van der Waals surface area contributed by atoms with Crippen molar-refractivity contribution >= 4 is 11.8 Å². The third-order valence-electron chi connectivity index (χ3n) is 2.92. The maximum Gasteiger partial charge on any atom is 0.127 e. The Balaban J connectivity index is 2.16. The van der Waals surface area contributed by atoms with Gasteiger partial charge in [-0.3, -0.25) is 11.3 Å². The van der Waals surface area contributed by atoms with Gasteiger partial charge in [-0.05, 0) is 10.8 Å². The van der Waals surface area contributed by atoms with Crippen molar-refractivity contribution in [3.63, 3.8) is 0 Å². The molecule has 0 fully saturated rings. The fourth-order valence-electron chi connectivity index (χ4n) is 2.03. The van der Waals surface area contributed by atoms with Gasteiger partial charge in [-0.15, -0.1) is 0 Å². The van der Waals surface area contributed by atoms with Gasteiger partial charge in [0.1, 0.15) is 5.75 Å². The second-order valence-corrected chi connectivity index (χ2v) is 6.14. The van der Waals surface area contributed by atoms with Crippen LogP contribution in [0.5, 0.6) is 5.75 Å². The molecule has 4 heteroatoms. The minimum atomic E-state index is 0.162. The van der Waals surface area contributed by atoms with Crippen molar-refractivity contribution in [2.24, 2.45) is 5.84 Å². The molecule has 1 heterocycles. The van der Waals surface area contributed by atoms with Crippen LogP contribution in [0.25, 0.3) is 0 Å². The topological polar surface area (TPSA) is 47.3 Å². The molecule has 1 aromatic rings. The average Bonchev–Trinajstić information content (AvgIpc) is 2.78. The van der Waals surface area contributed by atoms with Crippen molar-refractivity contribution in [2.45, 2.75) is 31.6 Å². The molecular formula is C13H20N2OS. The van der Waals surface area contributed by atoms with E-state index in [0.717, 1.165) is 24.5 Å². The van der Waals surface area contributed by atoms with Crippen LogP contribution in [0.3, 0.4) is 0 Å². The van der Waals surface area contributed by atoms with E-state index < -0.39 is 0 Å². The molecule has 94 valence electrons. The summed E-state index contributed by atoms with van der Waals surface area (Å²) in [7, 11) is 0. The number of ether oxygens (including phenoxy) is 1. The van der Waals surface area contributed by atoms with Crippen molar-refractivity contribution in [2.75, 3.05) is 12.4 Å². The Morgan fingerprint density at radius 1 is 1.47 bits per heavy atom. The molecule has 0 saturated carbocycles. The number of fused-ring (bicyclic) bond motifs is 1. The van der Waals surface area contributed by atoms with E-state index in [-0.39, 0.29) is 6.04 Å². The standard InChI is InChI=1S/C13H20N2OS/c1-9(2)17-8-12(15-14)11-5-3-4-10-6-7-16-13(10)11/h3-5,9,12,15H,6-8,14H2,1-2H3. The summed E-state index contributed by atoms with van der Waals surface area (Å²) in [5, 5.41) is 0.614. The maximum absolute atomic E-state index is 5.71. The predicted octanol–water partition coefficient (Wildman–Crippen LogP) is 2.27. The number of benzene rings is 1. The van der Waals surface area contributed by atoms with Crippen LogP contribution in [0.15, 0.2) is 18.2 Å². The van der Waals surface area contributed by atoms with Crippen molar-refractivity contribution < 1.29 is 4.74 Å². The van der Waals surface area contributed by atoms with Crippen LogP contribution in [-0.2, 0) is 6.42 Å². The molecule has 1 unspecified atom stereocenters. The first-order chi connectivity index (χ1) is 8.22. The van der Waals surface area contributed by atoms with E-state index in [1.807, 2.05) is 11.8 Å². The minimum absolute atomic E-state index is 0.162. The summed E-state index contributed by atoms with van der Waals surface area (Å²) in [5.74, 6) is 7.67. The van der Waals surface area contributed by atoms with Gasteiger partial charge in [0.15, 0.2) is 0 Å². The van der Waals surface area contributed by atoms with Crippen LogP contribution in [0.2, 0.25) is 0 Å². The Hall–Kier alpha value is -0.710. The lowest BCUT2D eigenvalue weighted by molar-refractivity contribution is 0.350. The monoisotopic (exact) mass is 252 g/mol. The fraction of sp³-hybridized carbons (Fsp3) is 0.538. The van der Waals surface area contributed by atoms with Crippen LogP contribution < -0.4 is 16.0 Å². The lowest BCUT2D eigenvalue weighted by Gasteiger charge is -2.19. The Kier molecular flexibility index (Phi) is 4.31. The van der Waals surface area contributed by atoms with E-state index in [4.69, 9.17) is 10.6 Å². The zero-order valence-corrected chi connectivity index (χ0v) is 11.2. The largest absolute Gasteiger partial charge is 0.493 e. The summed E-state index contributed by atoms with van der Waals surface area (Å²) in [4.78, 5) is 0. The van der Waals surface area contributed by atoms with Gasteiger partial charge in [-0.1, -0.05) is 32.0 Å². The first-order valence-electron chi connectivity index (χ1n) is 6.04. The Morgan fingerprint density at radius 3 is 3.00 bits per heavy atom. The smallest absolute Gasteiger partial charge is 0.127 e.